The Hall–Kier alpha value is -2.61. The van der Waals surface area contributed by atoms with E-state index < -0.39 is 0 Å². The van der Waals surface area contributed by atoms with E-state index in [4.69, 9.17) is 28.2 Å². The Morgan fingerprint density at radius 3 is 2.30 bits per heavy atom. The van der Waals surface area contributed by atoms with E-state index in [2.05, 4.69) is 27.3 Å². The smallest absolute Gasteiger partial charge is 0.163 e. The average Bonchev–Trinajstić information content (AvgIpc) is 3.36. The molecule has 0 bridgehead atoms. The number of likely N-dealkylation sites (tertiary alicyclic amines) is 1. The van der Waals surface area contributed by atoms with Gasteiger partial charge in [0.25, 0.3) is 0 Å². The van der Waals surface area contributed by atoms with Gasteiger partial charge in [-0.15, -0.1) is 24.8 Å². The topological polar surface area (TPSA) is 78.3 Å². The third-order valence-corrected chi connectivity index (χ3v) is 6.81. The van der Waals surface area contributed by atoms with Gasteiger partial charge in [-0.1, -0.05) is 35.3 Å². The molecule has 0 saturated carbocycles. The molecular weight excluding hydrogens is 554 g/mol. The third kappa shape index (κ3) is 6.28. The molecule has 2 N–H and O–H groups in total. The molecule has 0 amide bonds. The Morgan fingerprint density at radius 1 is 1.03 bits per heavy atom. The van der Waals surface area contributed by atoms with Crippen LogP contribution in [0.1, 0.15) is 35.7 Å². The van der Waals surface area contributed by atoms with E-state index in [-0.39, 0.29) is 46.4 Å². The van der Waals surface area contributed by atoms with Gasteiger partial charge in [0, 0.05) is 24.0 Å². The Bertz CT molecular complexity index is 1400. The zero-order chi connectivity index (χ0) is 24.5. The van der Waals surface area contributed by atoms with Crippen molar-refractivity contribution in [3.05, 3.63) is 75.9 Å². The number of fused-ring (bicyclic) bond motifs is 1. The summed E-state index contributed by atoms with van der Waals surface area (Å²) in [5, 5.41) is 13.6. The van der Waals surface area contributed by atoms with Crippen molar-refractivity contribution in [2.45, 2.75) is 26.3 Å². The van der Waals surface area contributed by atoms with Crippen LogP contribution in [0.5, 0.6) is 5.75 Å². The first-order valence-corrected chi connectivity index (χ1v) is 12.2. The predicted molar refractivity (Wildman–Crippen MR) is 155 cm³/mol. The number of pyridine rings is 2. The highest BCUT2D eigenvalue weighted by Gasteiger charge is 2.17. The normalized spacial score (nSPS) is 13.2. The Balaban J connectivity index is 0.00000190. The number of hydrogen-bond donors (Lipinski definition) is 2. The Labute approximate surface area is 237 Å². The first kappa shape index (κ1) is 29.0. The number of hydrogen-bond acceptors (Lipinski definition) is 6. The maximum Gasteiger partial charge on any atom is 0.163 e. The molecule has 3 heterocycles. The van der Waals surface area contributed by atoms with Gasteiger partial charge in [-0.2, -0.15) is 0 Å². The lowest BCUT2D eigenvalue weighted by atomic mass is 10.1. The molecule has 0 unspecified atom stereocenters. The average molecular weight is 580 g/mol. The lowest BCUT2D eigenvalue weighted by molar-refractivity contribution is 0.101. The fraction of sp³-hybridized carbons (Fsp3) is 0.222. The fourth-order valence-corrected chi connectivity index (χ4v) is 4.86. The molecule has 6 nitrogen and oxygen atoms in total. The second-order valence-corrected chi connectivity index (χ2v) is 9.58. The standard InChI is InChI=1S/C27H24Cl2N4O2.2ClH/c1-16(34)20-14-30-24-9-8-23(18-12-21(28)27(35)22(29)13-18)32-26(24)25(20)31-19-6-4-17(5-7-19)15-33-10-2-3-11-33;;/h4-9,12-14,35H,2-3,10-11,15H2,1H3,(H,30,31);2*1H. The van der Waals surface area contributed by atoms with Crippen LogP contribution in [0.2, 0.25) is 10.0 Å². The summed E-state index contributed by atoms with van der Waals surface area (Å²) in [5.41, 5.74) is 5.58. The van der Waals surface area contributed by atoms with Crippen LogP contribution in [0.25, 0.3) is 22.3 Å². The van der Waals surface area contributed by atoms with Crippen LogP contribution < -0.4 is 5.32 Å². The van der Waals surface area contributed by atoms with Crippen molar-refractivity contribution in [3.8, 4) is 17.0 Å². The van der Waals surface area contributed by atoms with Crippen molar-refractivity contribution in [2.75, 3.05) is 18.4 Å². The number of halogens is 4. The van der Waals surface area contributed by atoms with E-state index in [9.17, 15) is 9.90 Å². The molecule has 194 valence electrons. The molecule has 1 saturated heterocycles. The number of anilines is 2. The third-order valence-electron chi connectivity index (χ3n) is 6.23. The van der Waals surface area contributed by atoms with Gasteiger partial charge >= 0.3 is 0 Å². The number of nitrogens with zero attached hydrogens (tertiary/aromatic N) is 3. The molecule has 2 aromatic carbocycles. The summed E-state index contributed by atoms with van der Waals surface area (Å²) in [6.45, 7) is 4.75. The predicted octanol–water partition coefficient (Wildman–Crippen LogP) is 7.69. The zero-order valence-corrected chi connectivity index (χ0v) is 23.1. The minimum atomic E-state index is -0.172. The van der Waals surface area contributed by atoms with E-state index in [0.29, 0.717) is 33.5 Å². The van der Waals surface area contributed by atoms with Crippen molar-refractivity contribution in [3.63, 3.8) is 0 Å². The summed E-state index contributed by atoms with van der Waals surface area (Å²) in [6, 6.07) is 15.1. The van der Waals surface area contributed by atoms with E-state index in [0.717, 1.165) is 25.3 Å². The first-order valence-electron chi connectivity index (χ1n) is 11.5. The molecule has 4 aromatic rings. The number of phenolic OH excluding ortho intramolecular Hbond substituents is 1. The number of carbonyl (C=O) groups is 1. The van der Waals surface area contributed by atoms with Crippen molar-refractivity contribution < 1.29 is 9.90 Å². The number of ketones is 1. The SMILES string of the molecule is CC(=O)c1cnc2ccc(-c3cc(Cl)c(O)c(Cl)c3)nc2c1Nc1ccc(CN2CCCC2)cc1.Cl.Cl. The maximum atomic E-state index is 12.5. The maximum absolute atomic E-state index is 12.5. The van der Waals surface area contributed by atoms with Gasteiger partial charge in [-0.25, -0.2) is 4.98 Å². The minimum Gasteiger partial charge on any atom is -0.505 e. The van der Waals surface area contributed by atoms with Crippen LogP contribution in [0.15, 0.2) is 54.7 Å². The van der Waals surface area contributed by atoms with Crippen LogP contribution in [-0.4, -0.2) is 38.8 Å². The number of Topliss-reactive ketones (excluding diaryl/α,β-unsaturated/α-hetero) is 1. The quantitative estimate of drug-likeness (QED) is 0.228. The van der Waals surface area contributed by atoms with Crippen LogP contribution in [0, 0.1) is 0 Å². The molecule has 0 aliphatic carbocycles. The molecular formula is C27H26Cl4N4O2. The molecule has 0 spiro atoms. The van der Waals surface area contributed by atoms with E-state index >= 15 is 0 Å². The zero-order valence-electron chi connectivity index (χ0n) is 20.0. The lowest BCUT2D eigenvalue weighted by Crippen LogP contribution is -2.18. The Kier molecular flexibility index (Phi) is 9.62. The van der Waals surface area contributed by atoms with Gasteiger partial charge in [0.2, 0.25) is 0 Å². The summed E-state index contributed by atoms with van der Waals surface area (Å²) in [7, 11) is 0. The van der Waals surface area contributed by atoms with Crippen LogP contribution in [-0.2, 0) is 6.54 Å². The van der Waals surface area contributed by atoms with Crippen molar-refractivity contribution >= 4 is 76.2 Å². The lowest BCUT2D eigenvalue weighted by Gasteiger charge is -2.16. The number of phenols is 1. The number of rotatable bonds is 6. The fourth-order valence-electron chi connectivity index (χ4n) is 4.37. The largest absolute Gasteiger partial charge is 0.505 e. The molecule has 2 aromatic heterocycles. The van der Waals surface area contributed by atoms with Crippen LogP contribution >= 0.6 is 48.0 Å². The van der Waals surface area contributed by atoms with Gasteiger partial charge in [-0.05, 0) is 74.8 Å². The molecule has 0 atom stereocenters. The molecule has 1 fully saturated rings. The van der Waals surface area contributed by atoms with E-state index in [1.807, 2.05) is 18.2 Å². The second-order valence-electron chi connectivity index (χ2n) is 8.76. The number of benzene rings is 2. The highest BCUT2D eigenvalue weighted by molar-refractivity contribution is 6.37. The van der Waals surface area contributed by atoms with Crippen LogP contribution in [0.4, 0.5) is 11.4 Å². The molecule has 1 aliphatic heterocycles. The summed E-state index contributed by atoms with van der Waals surface area (Å²) < 4.78 is 0. The number of nitrogens with one attached hydrogen (secondary N) is 1. The molecule has 10 heteroatoms. The molecule has 0 radical (unpaired) electrons. The van der Waals surface area contributed by atoms with E-state index in [1.54, 1.807) is 24.4 Å². The summed E-state index contributed by atoms with van der Waals surface area (Å²) in [5.74, 6) is -0.288. The van der Waals surface area contributed by atoms with Gasteiger partial charge in [0.05, 0.1) is 32.5 Å². The molecule has 1 aliphatic rings. The highest BCUT2D eigenvalue weighted by Crippen LogP contribution is 2.37. The number of aromatic nitrogens is 2. The summed E-state index contributed by atoms with van der Waals surface area (Å²) in [4.78, 5) is 24.2. The minimum absolute atomic E-state index is 0. The van der Waals surface area contributed by atoms with Gasteiger partial charge in [-0.3, -0.25) is 14.7 Å². The first-order chi connectivity index (χ1) is 16.9. The van der Waals surface area contributed by atoms with Crippen LogP contribution in [0.3, 0.4) is 0 Å². The van der Waals surface area contributed by atoms with E-state index in [1.165, 1.54) is 25.3 Å². The summed E-state index contributed by atoms with van der Waals surface area (Å²) >= 11 is 12.2. The highest BCUT2D eigenvalue weighted by atomic mass is 35.5. The van der Waals surface area contributed by atoms with Crippen molar-refractivity contribution in [2.24, 2.45) is 0 Å². The second kappa shape index (κ2) is 12.3. The number of aromatic hydroxyl groups is 1. The van der Waals surface area contributed by atoms with Gasteiger partial charge in [0.1, 0.15) is 5.52 Å². The Morgan fingerprint density at radius 2 is 1.68 bits per heavy atom. The summed E-state index contributed by atoms with van der Waals surface area (Å²) in [6.07, 6.45) is 4.10. The van der Waals surface area contributed by atoms with Gasteiger partial charge < -0.3 is 10.4 Å². The monoisotopic (exact) mass is 578 g/mol. The molecule has 5 rings (SSSR count). The molecule has 37 heavy (non-hydrogen) atoms. The van der Waals surface area contributed by atoms with Crippen molar-refractivity contribution in [1.82, 2.24) is 14.9 Å². The van der Waals surface area contributed by atoms with Gasteiger partial charge in [0.15, 0.2) is 11.5 Å². The van der Waals surface area contributed by atoms with Crippen molar-refractivity contribution in [1.29, 1.82) is 0 Å². The number of carbonyl (C=O) groups excluding carboxylic acids is 1.